The van der Waals surface area contributed by atoms with Crippen molar-refractivity contribution in [3.05, 3.63) is 54.5 Å². The fraction of sp³-hybridized carbons (Fsp3) is 0.393. The number of nitrogens with one attached hydrogen (secondary N) is 4. The molecule has 5 heterocycles. The van der Waals surface area contributed by atoms with Gasteiger partial charge in [-0.05, 0) is 68.7 Å². The highest BCUT2D eigenvalue weighted by Crippen LogP contribution is 2.34. The SMILES string of the molecule is Cc1cc(Nc2nc(NC3CC4CC(CCC#N)CC(C3)N4)nc3cc(-c4cccnc4)ccc23)n[nH]1. The van der Waals surface area contributed by atoms with Gasteiger partial charge in [-0.15, -0.1) is 0 Å². The number of hydrogen-bond donors (Lipinski definition) is 4. The van der Waals surface area contributed by atoms with Crippen molar-refractivity contribution in [2.45, 2.75) is 63.6 Å². The Kier molecular flexibility index (Phi) is 6.41. The smallest absolute Gasteiger partial charge is 0.225 e. The summed E-state index contributed by atoms with van der Waals surface area (Å²) in [6, 6.07) is 15.7. The molecule has 4 aromatic rings. The van der Waals surface area contributed by atoms with E-state index >= 15 is 0 Å². The van der Waals surface area contributed by atoms with Crippen LogP contribution in [0.3, 0.4) is 0 Å². The van der Waals surface area contributed by atoms with E-state index in [1.807, 2.05) is 25.3 Å². The second-order valence-corrected chi connectivity index (χ2v) is 10.3. The maximum atomic E-state index is 8.98. The Bertz CT molecular complexity index is 1410. The van der Waals surface area contributed by atoms with Crippen molar-refractivity contribution in [3.63, 3.8) is 0 Å². The molecule has 37 heavy (non-hydrogen) atoms. The molecule has 4 N–H and O–H groups in total. The zero-order chi connectivity index (χ0) is 25.2. The number of piperidine rings is 2. The van der Waals surface area contributed by atoms with Gasteiger partial charge in [0, 0.05) is 59.7 Å². The normalized spacial score (nSPS) is 22.9. The fourth-order valence-corrected chi connectivity index (χ4v) is 5.89. The standard InChI is InChI=1S/C28H31N9/c1-17-10-26(37-36-17)34-27-24-7-6-19(20-5-3-9-30-16-20)13-25(24)33-28(35-27)32-23-14-21-11-18(4-2-8-29)12-22(15-23)31-21/h3,5-7,9-10,13,16,18,21-23,31H,2,4,11-12,14-15H2,1H3,(H3,32,33,34,35,36,37). The molecule has 9 nitrogen and oxygen atoms in total. The Balaban J connectivity index is 1.28. The lowest BCUT2D eigenvalue weighted by molar-refractivity contribution is 0.171. The van der Waals surface area contributed by atoms with Crippen LogP contribution in [0.4, 0.5) is 17.6 Å². The number of anilines is 3. The lowest BCUT2D eigenvalue weighted by Crippen LogP contribution is -2.54. The number of nitriles is 1. The van der Waals surface area contributed by atoms with Gasteiger partial charge >= 0.3 is 0 Å². The molecule has 2 atom stereocenters. The van der Waals surface area contributed by atoms with E-state index in [-0.39, 0.29) is 0 Å². The van der Waals surface area contributed by atoms with Crippen LogP contribution in [0.1, 0.15) is 44.2 Å². The molecular weight excluding hydrogens is 462 g/mol. The molecule has 2 fully saturated rings. The molecule has 188 valence electrons. The van der Waals surface area contributed by atoms with Gasteiger partial charge in [0.15, 0.2) is 5.82 Å². The van der Waals surface area contributed by atoms with Gasteiger partial charge in [0.2, 0.25) is 5.95 Å². The number of nitrogens with zero attached hydrogens (tertiary/aromatic N) is 5. The van der Waals surface area contributed by atoms with Gasteiger partial charge in [-0.2, -0.15) is 15.3 Å². The first-order valence-corrected chi connectivity index (χ1v) is 13.0. The quantitative estimate of drug-likeness (QED) is 0.281. The van der Waals surface area contributed by atoms with E-state index in [4.69, 9.17) is 15.2 Å². The third-order valence-electron chi connectivity index (χ3n) is 7.49. The number of aromatic amines is 1. The summed E-state index contributed by atoms with van der Waals surface area (Å²) in [5.41, 5.74) is 3.95. The van der Waals surface area contributed by atoms with E-state index in [0.29, 0.717) is 36.4 Å². The minimum Gasteiger partial charge on any atom is -0.351 e. The van der Waals surface area contributed by atoms with Gasteiger partial charge in [-0.1, -0.05) is 12.1 Å². The average Bonchev–Trinajstić information content (AvgIpc) is 3.31. The molecule has 3 aromatic heterocycles. The van der Waals surface area contributed by atoms with E-state index in [1.165, 1.54) is 0 Å². The highest BCUT2D eigenvalue weighted by Gasteiger charge is 2.35. The second-order valence-electron chi connectivity index (χ2n) is 10.3. The lowest BCUT2D eigenvalue weighted by Gasteiger charge is -2.43. The number of aromatic nitrogens is 5. The van der Waals surface area contributed by atoms with Crippen LogP contribution in [0.15, 0.2) is 48.8 Å². The van der Waals surface area contributed by atoms with Gasteiger partial charge in [-0.25, -0.2) is 4.98 Å². The summed E-state index contributed by atoms with van der Waals surface area (Å²) < 4.78 is 0. The van der Waals surface area contributed by atoms with Crippen LogP contribution in [0.5, 0.6) is 0 Å². The first-order chi connectivity index (χ1) is 18.1. The Morgan fingerprint density at radius 1 is 1.05 bits per heavy atom. The first-order valence-electron chi connectivity index (χ1n) is 13.0. The highest BCUT2D eigenvalue weighted by molar-refractivity contribution is 5.94. The first kappa shape index (κ1) is 23.4. The molecule has 2 aliphatic rings. The van der Waals surface area contributed by atoms with Crippen LogP contribution in [-0.4, -0.2) is 43.3 Å². The average molecular weight is 494 g/mol. The molecule has 0 amide bonds. The number of benzene rings is 1. The second kappa shape index (κ2) is 10.1. The lowest BCUT2D eigenvalue weighted by atomic mass is 9.77. The number of aryl methyl sites for hydroxylation is 1. The van der Waals surface area contributed by atoms with Gasteiger partial charge in [-0.3, -0.25) is 10.1 Å². The van der Waals surface area contributed by atoms with Crippen molar-refractivity contribution in [2.75, 3.05) is 10.6 Å². The summed E-state index contributed by atoms with van der Waals surface area (Å²) in [7, 11) is 0. The van der Waals surface area contributed by atoms with Crippen molar-refractivity contribution < 1.29 is 0 Å². The molecule has 2 unspecified atom stereocenters. The number of rotatable bonds is 7. The van der Waals surface area contributed by atoms with Crippen molar-refractivity contribution in [1.82, 2.24) is 30.5 Å². The molecule has 2 saturated heterocycles. The summed E-state index contributed by atoms with van der Waals surface area (Å²) in [6.45, 7) is 1.97. The third-order valence-corrected chi connectivity index (χ3v) is 7.49. The fourth-order valence-electron chi connectivity index (χ4n) is 5.89. The van der Waals surface area contributed by atoms with Crippen molar-refractivity contribution in [1.29, 1.82) is 5.26 Å². The van der Waals surface area contributed by atoms with Crippen LogP contribution in [0.2, 0.25) is 0 Å². The van der Waals surface area contributed by atoms with Crippen molar-refractivity contribution in [2.24, 2.45) is 5.92 Å². The summed E-state index contributed by atoms with van der Waals surface area (Å²) in [5.74, 6) is 2.71. The minimum absolute atomic E-state index is 0.299. The Morgan fingerprint density at radius 2 is 1.92 bits per heavy atom. The molecule has 1 aromatic carbocycles. The largest absolute Gasteiger partial charge is 0.351 e. The zero-order valence-electron chi connectivity index (χ0n) is 20.9. The van der Waals surface area contributed by atoms with Crippen molar-refractivity contribution >= 4 is 28.5 Å². The third kappa shape index (κ3) is 5.25. The van der Waals surface area contributed by atoms with E-state index in [0.717, 1.165) is 71.5 Å². The summed E-state index contributed by atoms with van der Waals surface area (Å²) in [5, 5.41) is 28.1. The van der Waals surface area contributed by atoms with Crippen LogP contribution in [-0.2, 0) is 0 Å². The van der Waals surface area contributed by atoms with Crippen LogP contribution >= 0.6 is 0 Å². The number of fused-ring (bicyclic) bond motifs is 3. The molecule has 6 rings (SSSR count). The van der Waals surface area contributed by atoms with Crippen LogP contribution < -0.4 is 16.0 Å². The van der Waals surface area contributed by atoms with E-state index < -0.39 is 0 Å². The summed E-state index contributed by atoms with van der Waals surface area (Å²) in [4.78, 5) is 14.1. The predicted octanol–water partition coefficient (Wildman–Crippen LogP) is 5.08. The molecule has 0 saturated carbocycles. The maximum Gasteiger partial charge on any atom is 0.225 e. The molecule has 0 radical (unpaired) electrons. The molecule has 2 bridgehead atoms. The maximum absolute atomic E-state index is 8.98. The molecular formula is C28H31N9. The Morgan fingerprint density at radius 3 is 2.65 bits per heavy atom. The van der Waals surface area contributed by atoms with E-state index in [9.17, 15) is 0 Å². The molecule has 2 aliphatic heterocycles. The summed E-state index contributed by atoms with van der Waals surface area (Å²) in [6.07, 6.45) is 9.63. The number of hydrogen-bond acceptors (Lipinski definition) is 8. The Labute approximate surface area is 216 Å². The Hall–Kier alpha value is -4.03. The summed E-state index contributed by atoms with van der Waals surface area (Å²) >= 11 is 0. The van der Waals surface area contributed by atoms with E-state index in [1.54, 1.807) is 6.20 Å². The van der Waals surface area contributed by atoms with Crippen LogP contribution in [0, 0.1) is 24.2 Å². The molecule has 9 heteroatoms. The highest BCUT2D eigenvalue weighted by atomic mass is 15.2. The van der Waals surface area contributed by atoms with Gasteiger partial charge in [0.05, 0.1) is 11.6 Å². The zero-order valence-corrected chi connectivity index (χ0v) is 20.9. The molecule has 0 aliphatic carbocycles. The van der Waals surface area contributed by atoms with Gasteiger partial charge in [0.25, 0.3) is 0 Å². The van der Waals surface area contributed by atoms with E-state index in [2.05, 4.69) is 61.5 Å². The monoisotopic (exact) mass is 493 g/mol. The van der Waals surface area contributed by atoms with Crippen LogP contribution in [0.25, 0.3) is 22.0 Å². The molecule has 0 spiro atoms. The van der Waals surface area contributed by atoms with Gasteiger partial charge < -0.3 is 16.0 Å². The van der Waals surface area contributed by atoms with Crippen molar-refractivity contribution in [3.8, 4) is 17.2 Å². The number of pyridine rings is 1. The number of H-pyrrole nitrogens is 1. The van der Waals surface area contributed by atoms with Gasteiger partial charge in [0.1, 0.15) is 5.82 Å². The minimum atomic E-state index is 0.299. The predicted molar refractivity (Wildman–Crippen MR) is 144 cm³/mol. The topological polar surface area (TPSA) is 127 Å².